The Kier molecular flexibility index (Phi) is 2.79. The van der Waals surface area contributed by atoms with Crippen molar-refractivity contribution < 1.29 is 0 Å². The first kappa shape index (κ1) is 14.5. The van der Waals surface area contributed by atoms with Gasteiger partial charge in [0.15, 0.2) is 0 Å². The molecule has 0 radical (unpaired) electrons. The molecule has 2 nitrogen and oxygen atoms in total. The van der Waals surface area contributed by atoms with Crippen molar-refractivity contribution in [2.45, 2.75) is 26.2 Å². The molecule has 5 rings (SSSR count). The summed E-state index contributed by atoms with van der Waals surface area (Å²) < 4.78 is 2.30. The second-order valence-electron chi connectivity index (χ2n) is 7.79. The van der Waals surface area contributed by atoms with Crippen LogP contribution >= 0.6 is 0 Å². The van der Waals surface area contributed by atoms with E-state index in [4.69, 9.17) is 4.98 Å². The van der Waals surface area contributed by atoms with E-state index in [0.717, 1.165) is 16.7 Å². The van der Waals surface area contributed by atoms with Crippen LogP contribution < -0.4 is 0 Å². The Morgan fingerprint density at radius 1 is 0.720 bits per heavy atom. The fourth-order valence-corrected chi connectivity index (χ4v) is 3.78. The zero-order valence-corrected chi connectivity index (χ0v) is 14.7. The van der Waals surface area contributed by atoms with Gasteiger partial charge in [-0.05, 0) is 40.6 Å². The molecule has 0 saturated carbocycles. The monoisotopic (exact) mass is 324 g/mol. The van der Waals surface area contributed by atoms with E-state index in [1.54, 1.807) is 0 Å². The maximum Gasteiger partial charge on any atom is 0.146 e. The van der Waals surface area contributed by atoms with Crippen LogP contribution in [-0.2, 0) is 5.41 Å². The molecule has 5 aromatic rings. The van der Waals surface area contributed by atoms with E-state index in [9.17, 15) is 0 Å². The predicted molar refractivity (Wildman–Crippen MR) is 106 cm³/mol. The average molecular weight is 324 g/mol. The summed E-state index contributed by atoms with van der Waals surface area (Å²) in [6.07, 6.45) is 0. The summed E-state index contributed by atoms with van der Waals surface area (Å²) in [4.78, 5) is 4.98. The third-order valence-corrected chi connectivity index (χ3v) is 5.12. The van der Waals surface area contributed by atoms with Crippen LogP contribution in [0, 0.1) is 0 Å². The number of hydrogen-bond donors (Lipinski definition) is 0. The van der Waals surface area contributed by atoms with Crippen molar-refractivity contribution >= 4 is 38.4 Å². The molecule has 0 fully saturated rings. The number of imidazole rings is 1. The van der Waals surface area contributed by atoms with Crippen LogP contribution in [0.5, 0.6) is 0 Å². The number of rotatable bonds is 0. The third-order valence-electron chi connectivity index (χ3n) is 5.12. The number of hydrogen-bond acceptors (Lipinski definition) is 1. The predicted octanol–water partition coefficient (Wildman–Crippen LogP) is 6.09. The molecule has 0 aliphatic heterocycles. The molecule has 0 bridgehead atoms. The third kappa shape index (κ3) is 2.00. The molecule has 0 unspecified atom stereocenters. The minimum absolute atomic E-state index is 0.114. The number of fused-ring (bicyclic) bond motifs is 8. The summed E-state index contributed by atoms with van der Waals surface area (Å²) in [7, 11) is 0. The van der Waals surface area contributed by atoms with Gasteiger partial charge in [-0.15, -0.1) is 0 Å². The first-order valence-electron chi connectivity index (χ1n) is 8.76. The van der Waals surface area contributed by atoms with Gasteiger partial charge in [0.25, 0.3) is 0 Å². The molecule has 0 saturated heterocycles. The number of pyridine rings is 1. The summed E-state index contributed by atoms with van der Waals surface area (Å²) in [6.45, 7) is 6.78. The van der Waals surface area contributed by atoms with E-state index in [0.29, 0.717) is 0 Å². The Labute approximate surface area is 146 Å². The van der Waals surface area contributed by atoms with Crippen molar-refractivity contribution in [1.82, 2.24) is 9.38 Å². The molecular weight excluding hydrogens is 304 g/mol. The Hall–Kier alpha value is -2.87. The molecule has 2 heterocycles. The lowest BCUT2D eigenvalue weighted by molar-refractivity contribution is 0.591. The highest BCUT2D eigenvalue weighted by atomic mass is 15.0. The molecule has 0 N–H and O–H groups in total. The van der Waals surface area contributed by atoms with Crippen molar-refractivity contribution in [2.24, 2.45) is 0 Å². The quantitative estimate of drug-likeness (QED) is 0.315. The first-order chi connectivity index (χ1) is 12.0. The van der Waals surface area contributed by atoms with Crippen LogP contribution in [0.3, 0.4) is 0 Å². The van der Waals surface area contributed by atoms with Crippen molar-refractivity contribution in [3.63, 3.8) is 0 Å². The number of nitrogens with zero attached hydrogens (tertiary/aromatic N) is 2. The Morgan fingerprint density at radius 2 is 1.44 bits per heavy atom. The lowest BCUT2D eigenvalue weighted by atomic mass is 9.85. The van der Waals surface area contributed by atoms with Crippen LogP contribution in [-0.4, -0.2) is 9.38 Å². The zero-order valence-electron chi connectivity index (χ0n) is 14.7. The SMILES string of the molecule is CC(C)(C)c1ccc2c3ccccc3n3c4ccccc4nc3c2c1. The summed E-state index contributed by atoms with van der Waals surface area (Å²) in [5.74, 6) is 0. The fraction of sp³-hybridized carbons (Fsp3) is 0.174. The minimum atomic E-state index is 0.114. The van der Waals surface area contributed by atoms with Crippen molar-refractivity contribution in [1.29, 1.82) is 0 Å². The topological polar surface area (TPSA) is 17.3 Å². The summed E-state index contributed by atoms with van der Waals surface area (Å²) >= 11 is 0. The smallest absolute Gasteiger partial charge is 0.146 e. The summed E-state index contributed by atoms with van der Waals surface area (Å²) in [5.41, 5.74) is 5.91. The fourth-order valence-electron chi connectivity index (χ4n) is 3.78. The van der Waals surface area contributed by atoms with Crippen LogP contribution in [0.2, 0.25) is 0 Å². The second-order valence-corrected chi connectivity index (χ2v) is 7.79. The van der Waals surface area contributed by atoms with Crippen LogP contribution in [0.25, 0.3) is 38.4 Å². The van der Waals surface area contributed by atoms with Gasteiger partial charge in [0.2, 0.25) is 0 Å². The lowest BCUT2D eigenvalue weighted by Crippen LogP contribution is -2.10. The first-order valence-corrected chi connectivity index (χ1v) is 8.76. The molecule has 0 amide bonds. The van der Waals surface area contributed by atoms with Gasteiger partial charge >= 0.3 is 0 Å². The van der Waals surface area contributed by atoms with E-state index in [1.807, 2.05) is 0 Å². The van der Waals surface area contributed by atoms with E-state index in [1.165, 1.54) is 27.2 Å². The Bertz CT molecular complexity index is 1270. The van der Waals surface area contributed by atoms with Gasteiger partial charge in [-0.1, -0.05) is 63.2 Å². The molecule has 0 aliphatic carbocycles. The second kappa shape index (κ2) is 4.82. The van der Waals surface area contributed by atoms with Gasteiger partial charge < -0.3 is 0 Å². The van der Waals surface area contributed by atoms with E-state index in [-0.39, 0.29) is 5.41 Å². The molecular formula is C23H20N2. The molecule has 2 heteroatoms. The minimum Gasteiger partial charge on any atom is -0.292 e. The zero-order chi connectivity index (χ0) is 17.2. The molecule has 122 valence electrons. The molecule has 0 aliphatic rings. The van der Waals surface area contributed by atoms with Gasteiger partial charge in [-0.3, -0.25) is 4.40 Å². The number of benzene rings is 3. The van der Waals surface area contributed by atoms with Crippen LogP contribution in [0.1, 0.15) is 26.3 Å². The van der Waals surface area contributed by atoms with Crippen molar-refractivity contribution in [2.75, 3.05) is 0 Å². The Balaban J connectivity index is 2.10. The van der Waals surface area contributed by atoms with E-state index < -0.39 is 0 Å². The van der Waals surface area contributed by atoms with E-state index >= 15 is 0 Å². The van der Waals surface area contributed by atoms with Gasteiger partial charge in [-0.2, -0.15) is 0 Å². The standard InChI is InChI=1S/C23H20N2/c1-23(2,3)15-12-13-16-17-8-4-6-10-20(17)25-21-11-7-5-9-19(21)24-22(25)18(16)14-15/h4-14H,1-3H3. The molecule has 3 aromatic carbocycles. The maximum atomic E-state index is 4.98. The van der Waals surface area contributed by atoms with Gasteiger partial charge in [0, 0.05) is 10.8 Å². The van der Waals surface area contributed by atoms with E-state index in [2.05, 4.69) is 91.9 Å². The highest BCUT2D eigenvalue weighted by Gasteiger charge is 2.17. The van der Waals surface area contributed by atoms with Gasteiger partial charge in [-0.25, -0.2) is 4.98 Å². The largest absolute Gasteiger partial charge is 0.292 e. The number of para-hydroxylation sites is 3. The summed E-state index contributed by atoms with van der Waals surface area (Å²) in [6, 6.07) is 23.8. The van der Waals surface area contributed by atoms with Crippen LogP contribution in [0.4, 0.5) is 0 Å². The van der Waals surface area contributed by atoms with Crippen molar-refractivity contribution in [3.8, 4) is 0 Å². The van der Waals surface area contributed by atoms with Crippen molar-refractivity contribution in [3.05, 3.63) is 72.3 Å². The molecule has 0 spiro atoms. The average Bonchev–Trinajstić information content (AvgIpc) is 3.01. The molecule has 2 aromatic heterocycles. The highest BCUT2D eigenvalue weighted by molar-refractivity contribution is 6.13. The molecule has 0 atom stereocenters. The van der Waals surface area contributed by atoms with Gasteiger partial charge in [0.1, 0.15) is 5.65 Å². The normalized spacial score (nSPS) is 12.6. The Morgan fingerprint density at radius 3 is 2.24 bits per heavy atom. The lowest BCUT2D eigenvalue weighted by Gasteiger charge is -2.20. The summed E-state index contributed by atoms with van der Waals surface area (Å²) in [5, 5.41) is 3.77. The number of aromatic nitrogens is 2. The highest BCUT2D eigenvalue weighted by Crippen LogP contribution is 2.34. The maximum absolute atomic E-state index is 4.98. The van der Waals surface area contributed by atoms with Crippen LogP contribution in [0.15, 0.2) is 66.7 Å². The van der Waals surface area contributed by atoms with Gasteiger partial charge in [0.05, 0.1) is 16.6 Å². The molecule has 25 heavy (non-hydrogen) atoms.